The third-order valence-electron chi connectivity index (χ3n) is 3.88. The second kappa shape index (κ2) is 6.75. The summed E-state index contributed by atoms with van der Waals surface area (Å²) in [6, 6.07) is 3.36. The van der Waals surface area contributed by atoms with Gasteiger partial charge in [-0.2, -0.15) is 5.10 Å². The summed E-state index contributed by atoms with van der Waals surface area (Å²) < 4.78 is 15.7. The SMILES string of the molecule is O=C(CCn1cc([N+](=O)[O-])cn1)Nc1ccc2c(c1F)CCNC2. The molecule has 0 unspecified atom stereocenters. The number of halogens is 1. The van der Waals surface area contributed by atoms with Crippen LogP contribution in [0.1, 0.15) is 17.5 Å². The molecule has 2 heterocycles. The molecule has 3 rings (SSSR count). The van der Waals surface area contributed by atoms with Crippen LogP contribution in [0.5, 0.6) is 0 Å². The average Bonchev–Trinajstić information content (AvgIpc) is 3.05. The molecule has 0 fully saturated rings. The highest BCUT2D eigenvalue weighted by Gasteiger charge is 2.17. The molecule has 0 radical (unpaired) electrons. The monoisotopic (exact) mass is 333 g/mol. The van der Waals surface area contributed by atoms with Crippen LogP contribution in [-0.4, -0.2) is 27.2 Å². The third-order valence-corrected chi connectivity index (χ3v) is 3.88. The number of hydrogen-bond acceptors (Lipinski definition) is 5. The number of aryl methyl sites for hydroxylation is 1. The molecule has 0 spiro atoms. The van der Waals surface area contributed by atoms with E-state index in [1.807, 2.05) is 0 Å². The summed E-state index contributed by atoms with van der Waals surface area (Å²) in [4.78, 5) is 22.0. The summed E-state index contributed by atoms with van der Waals surface area (Å²) in [6.45, 7) is 1.51. The van der Waals surface area contributed by atoms with Crippen molar-refractivity contribution in [2.24, 2.45) is 0 Å². The molecule has 0 aliphatic carbocycles. The molecule has 0 atom stereocenters. The van der Waals surface area contributed by atoms with E-state index in [-0.39, 0.29) is 30.2 Å². The number of rotatable bonds is 5. The van der Waals surface area contributed by atoms with Gasteiger partial charge < -0.3 is 10.6 Å². The Hall–Kier alpha value is -2.81. The largest absolute Gasteiger partial charge is 0.324 e. The van der Waals surface area contributed by atoms with Crippen molar-refractivity contribution in [3.8, 4) is 0 Å². The van der Waals surface area contributed by atoms with Crippen molar-refractivity contribution < 1.29 is 14.1 Å². The number of carbonyl (C=O) groups is 1. The van der Waals surface area contributed by atoms with Gasteiger partial charge in [-0.25, -0.2) is 4.39 Å². The van der Waals surface area contributed by atoms with Crippen LogP contribution in [0.15, 0.2) is 24.5 Å². The molecular formula is C15H16FN5O3. The lowest BCUT2D eigenvalue weighted by atomic mass is 9.99. The van der Waals surface area contributed by atoms with Gasteiger partial charge in [0.2, 0.25) is 5.91 Å². The maximum atomic E-state index is 14.4. The number of benzene rings is 1. The van der Waals surface area contributed by atoms with Gasteiger partial charge in [0.1, 0.15) is 18.2 Å². The Morgan fingerprint density at radius 1 is 1.50 bits per heavy atom. The van der Waals surface area contributed by atoms with E-state index in [1.165, 1.54) is 10.9 Å². The smallest absolute Gasteiger partial charge is 0.306 e. The number of fused-ring (bicyclic) bond motifs is 1. The van der Waals surface area contributed by atoms with E-state index in [2.05, 4.69) is 15.7 Å². The number of hydrogen-bond donors (Lipinski definition) is 2. The van der Waals surface area contributed by atoms with Crippen LogP contribution in [-0.2, 0) is 24.3 Å². The first-order chi connectivity index (χ1) is 11.5. The van der Waals surface area contributed by atoms with E-state index in [4.69, 9.17) is 0 Å². The molecular weight excluding hydrogens is 317 g/mol. The fourth-order valence-electron chi connectivity index (χ4n) is 2.63. The molecule has 0 saturated carbocycles. The van der Waals surface area contributed by atoms with Gasteiger partial charge in [-0.05, 0) is 30.2 Å². The molecule has 126 valence electrons. The van der Waals surface area contributed by atoms with Crippen LogP contribution in [0.4, 0.5) is 15.8 Å². The van der Waals surface area contributed by atoms with Gasteiger partial charge in [0.05, 0.1) is 10.6 Å². The topological polar surface area (TPSA) is 102 Å². The first-order valence-corrected chi connectivity index (χ1v) is 7.52. The Morgan fingerprint density at radius 3 is 3.08 bits per heavy atom. The van der Waals surface area contributed by atoms with Gasteiger partial charge in [0.15, 0.2) is 0 Å². The molecule has 0 saturated heterocycles. The molecule has 1 aliphatic heterocycles. The van der Waals surface area contributed by atoms with E-state index in [1.54, 1.807) is 12.1 Å². The highest BCUT2D eigenvalue weighted by molar-refractivity contribution is 5.91. The lowest BCUT2D eigenvalue weighted by molar-refractivity contribution is -0.385. The molecule has 2 N–H and O–H groups in total. The van der Waals surface area contributed by atoms with Crippen molar-refractivity contribution in [2.75, 3.05) is 11.9 Å². The van der Waals surface area contributed by atoms with Crippen LogP contribution in [0.25, 0.3) is 0 Å². The highest BCUT2D eigenvalue weighted by atomic mass is 19.1. The highest BCUT2D eigenvalue weighted by Crippen LogP contribution is 2.24. The number of nitrogens with zero attached hydrogens (tertiary/aromatic N) is 3. The first kappa shape index (κ1) is 16.1. The van der Waals surface area contributed by atoms with Crippen LogP contribution < -0.4 is 10.6 Å². The third kappa shape index (κ3) is 3.40. The summed E-state index contributed by atoms with van der Waals surface area (Å²) in [7, 11) is 0. The van der Waals surface area contributed by atoms with Gasteiger partial charge in [-0.15, -0.1) is 0 Å². The minimum Gasteiger partial charge on any atom is -0.324 e. The van der Waals surface area contributed by atoms with E-state index in [0.717, 1.165) is 11.8 Å². The maximum absolute atomic E-state index is 14.4. The van der Waals surface area contributed by atoms with Gasteiger partial charge in [-0.1, -0.05) is 6.07 Å². The fourth-order valence-corrected chi connectivity index (χ4v) is 2.63. The lowest BCUT2D eigenvalue weighted by Gasteiger charge is -2.19. The average molecular weight is 333 g/mol. The number of carbonyl (C=O) groups excluding carboxylic acids is 1. The zero-order valence-electron chi connectivity index (χ0n) is 12.8. The van der Waals surface area contributed by atoms with Crippen LogP contribution in [0, 0.1) is 15.9 Å². The summed E-state index contributed by atoms with van der Waals surface area (Å²) >= 11 is 0. The van der Waals surface area contributed by atoms with Crippen molar-refractivity contribution in [1.82, 2.24) is 15.1 Å². The molecule has 1 aromatic heterocycles. The van der Waals surface area contributed by atoms with Crippen molar-refractivity contribution in [1.29, 1.82) is 0 Å². The van der Waals surface area contributed by atoms with Gasteiger partial charge in [0.25, 0.3) is 0 Å². The predicted molar refractivity (Wildman–Crippen MR) is 83.9 cm³/mol. The van der Waals surface area contributed by atoms with Crippen LogP contribution >= 0.6 is 0 Å². The number of nitrogens with one attached hydrogen (secondary N) is 2. The normalized spacial score (nSPS) is 13.4. The van der Waals surface area contributed by atoms with E-state index >= 15 is 0 Å². The molecule has 24 heavy (non-hydrogen) atoms. The Bertz CT molecular complexity index is 789. The number of aromatic nitrogens is 2. The molecule has 1 amide bonds. The van der Waals surface area contributed by atoms with Crippen molar-refractivity contribution >= 4 is 17.3 Å². The van der Waals surface area contributed by atoms with Crippen molar-refractivity contribution in [3.05, 3.63) is 51.6 Å². The van der Waals surface area contributed by atoms with Gasteiger partial charge >= 0.3 is 5.69 Å². The zero-order valence-corrected chi connectivity index (χ0v) is 12.8. The fraction of sp³-hybridized carbons (Fsp3) is 0.333. The Kier molecular flexibility index (Phi) is 4.52. The number of amides is 1. The predicted octanol–water partition coefficient (Wildman–Crippen LogP) is 1.60. The minimum atomic E-state index is -0.555. The molecule has 1 aliphatic rings. The van der Waals surface area contributed by atoms with Gasteiger partial charge in [-0.3, -0.25) is 19.6 Å². The molecule has 9 heteroatoms. The van der Waals surface area contributed by atoms with Crippen LogP contribution in [0.2, 0.25) is 0 Å². The van der Waals surface area contributed by atoms with Gasteiger partial charge in [0, 0.05) is 19.5 Å². The molecule has 1 aromatic carbocycles. The zero-order chi connectivity index (χ0) is 17.1. The van der Waals surface area contributed by atoms with E-state index < -0.39 is 10.7 Å². The number of anilines is 1. The van der Waals surface area contributed by atoms with Crippen LogP contribution in [0.3, 0.4) is 0 Å². The van der Waals surface area contributed by atoms with Crippen molar-refractivity contribution in [2.45, 2.75) is 25.9 Å². The summed E-state index contributed by atoms with van der Waals surface area (Å²) in [6.07, 6.45) is 2.99. The summed E-state index contributed by atoms with van der Waals surface area (Å²) in [5, 5.41) is 20.1. The van der Waals surface area contributed by atoms with E-state index in [9.17, 15) is 19.3 Å². The van der Waals surface area contributed by atoms with E-state index in [0.29, 0.717) is 25.1 Å². The minimum absolute atomic E-state index is 0.0386. The Morgan fingerprint density at radius 2 is 2.33 bits per heavy atom. The second-order valence-corrected chi connectivity index (χ2v) is 5.51. The maximum Gasteiger partial charge on any atom is 0.306 e. The van der Waals surface area contributed by atoms with Crippen molar-refractivity contribution in [3.63, 3.8) is 0 Å². The quantitative estimate of drug-likeness (QED) is 0.639. The second-order valence-electron chi connectivity index (χ2n) is 5.51. The summed E-state index contributed by atoms with van der Waals surface area (Å²) in [5.41, 5.74) is 1.56. The number of nitro groups is 1. The Labute approximate surface area is 136 Å². The molecule has 2 aromatic rings. The molecule has 8 nitrogen and oxygen atoms in total. The lowest BCUT2D eigenvalue weighted by Crippen LogP contribution is -2.25. The standard InChI is InChI=1S/C15H16FN5O3/c16-15-12-3-5-17-7-10(12)1-2-13(15)19-14(22)4-6-20-9-11(8-18-20)21(23)24/h1-2,8-9,17H,3-7H2,(H,19,22). The Balaban J connectivity index is 1.61. The molecule has 0 bridgehead atoms. The first-order valence-electron chi connectivity index (χ1n) is 7.52. The summed E-state index contributed by atoms with van der Waals surface area (Å²) in [5.74, 6) is -0.766.